The molecule has 0 bridgehead atoms. The third kappa shape index (κ3) is 7.71. The highest BCUT2D eigenvalue weighted by molar-refractivity contribution is 14.0. The molecule has 1 aliphatic heterocycles. The molecule has 0 amide bonds. The zero-order chi connectivity index (χ0) is 17.2. The quantitative estimate of drug-likeness (QED) is 0.273. The van der Waals surface area contributed by atoms with Crippen molar-refractivity contribution in [3.63, 3.8) is 0 Å². The van der Waals surface area contributed by atoms with E-state index >= 15 is 0 Å². The van der Waals surface area contributed by atoms with E-state index in [9.17, 15) is 0 Å². The predicted molar refractivity (Wildman–Crippen MR) is 117 cm³/mol. The lowest BCUT2D eigenvalue weighted by Crippen LogP contribution is -2.47. The second-order valence-corrected chi connectivity index (χ2v) is 6.48. The van der Waals surface area contributed by atoms with Crippen molar-refractivity contribution >= 4 is 41.5 Å². The summed E-state index contributed by atoms with van der Waals surface area (Å²) in [6, 6.07) is 8.05. The molecule has 0 aliphatic carbocycles. The Morgan fingerprint density at radius 2 is 2.00 bits per heavy atom. The number of likely N-dealkylation sites (tertiary alicyclic amines) is 1. The molecule has 1 heterocycles. The summed E-state index contributed by atoms with van der Waals surface area (Å²) < 4.78 is 5.73. The standard InChI is InChI=1S/C19H30ClN3O.HI/c1-3-21-19(23-14-11-17(12-15-23)24-4-2)22-13-7-9-16-8-5-6-10-18(16)20;/h5-6,8,10,17H,3-4,7,9,11-15H2,1-2H3,(H,21,22);1H. The normalized spacial score (nSPS) is 15.8. The molecule has 4 nitrogen and oxygen atoms in total. The van der Waals surface area contributed by atoms with E-state index in [0.29, 0.717) is 6.10 Å². The van der Waals surface area contributed by atoms with Crippen LogP contribution in [0.3, 0.4) is 0 Å². The van der Waals surface area contributed by atoms with Gasteiger partial charge in [-0.25, -0.2) is 0 Å². The monoisotopic (exact) mass is 479 g/mol. The molecule has 1 aromatic rings. The minimum Gasteiger partial charge on any atom is -0.378 e. The number of nitrogens with zero attached hydrogens (tertiary/aromatic N) is 2. The topological polar surface area (TPSA) is 36.9 Å². The summed E-state index contributed by atoms with van der Waals surface area (Å²) in [7, 11) is 0. The lowest BCUT2D eigenvalue weighted by molar-refractivity contribution is 0.0264. The van der Waals surface area contributed by atoms with Crippen molar-refractivity contribution < 1.29 is 4.74 Å². The summed E-state index contributed by atoms with van der Waals surface area (Å²) in [4.78, 5) is 7.16. The molecule has 0 radical (unpaired) electrons. The Kier molecular flexibility index (Phi) is 11.5. The number of rotatable bonds is 7. The van der Waals surface area contributed by atoms with Crippen molar-refractivity contribution in [1.29, 1.82) is 0 Å². The van der Waals surface area contributed by atoms with Gasteiger partial charge in [0.1, 0.15) is 0 Å². The predicted octanol–water partition coefficient (Wildman–Crippen LogP) is 4.36. The Labute approximate surface area is 174 Å². The number of aliphatic imine (C=N–C) groups is 1. The Morgan fingerprint density at radius 1 is 1.28 bits per heavy atom. The van der Waals surface area contributed by atoms with Crippen molar-refractivity contribution in [2.45, 2.75) is 45.6 Å². The van der Waals surface area contributed by atoms with E-state index < -0.39 is 0 Å². The van der Waals surface area contributed by atoms with Crippen molar-refractivity contribution in [2.24, 2.45) is 4.99 Å². The molecule has 6 heteroatoms. The van der Waals surface area contributed by atoms with Crippen molar-refractivity contribution in [2.75, 3.05) is 32.8 Å². The second-order valence-electron chi connectivity index (χ2n) is 6.07. The fourth-order valence-corrected chi connectivity index (χ4v) is 3.28. The number of halogens is 2. The first-order chi connectivity index (χ1) is 11.7. The zero-order valence-electron chi connectivity index (χ0n) is 15.3. The van der Waals surface area contributed by atoms with Crippen LogP contribution < -0.4 is 5.32 Å². The number of benzene rings is 1. The van der Waals surface area contributed by atoms with Crippen LogP contribution in [0.5, 0.6) is 0 Å². The highest BCUT2D eigenvalue weighted by atomic mass is 127. The number of hydrogen-bond donors (Lipinski definition) is 1. The molecule has 1 fully saturated rings. The highest BCUT2D eigenvalue weighted by Gasteiger charge is 2.21. The first-order valence-electron chi connectivity index (χ1n) is 9.12. The van der Waals surface area contributed by atoms with Gasteiger partial charge in [0.25, 0.3) is 0 Å². The van der Waals surface area contributed by atoms with Crippen LogP contribution in [0.15, 0.2) is 29.3 Å². The van der Waals surface area contributed by atoms with Crippen molar-refractivity contribution in [1.82, 2.24) is 10.2 Å². The van der Waals surface area contributed by atoms with Gasteiger partial charge < -0.3 is 15.0 Å². The van der Waals surface area contributed by atoms with E-state index in [1.807, 2.05) is 18.2 Å². The molecule has 0 aromatic heterocycles. The number of hydrogen-bond acceptors (Lipinski definition) is 2. The number of aryl methyl sites for hydroxylation is 1. The van der Waals surface area contributed by atoms with Gasteiger partial charge in [-0.1, -0.05) is 29.8 Å². The Morgan fingerprint density at radius 3 is 2.64 bits per heavy atom. The number of ether oxygens (including phenoxy) is 1. The summed E-state index contributed by atoms with van der Waals surface area (Å²) in [5.74, 6) is 1.03. The van der Waals surface area contributed by atoms with E-state index in [1.54, 1.807) is 0 Å². The third-order valence-electron chi connectivity index (χ3n) is 4.30. The number of guanidine groups is 1. The Bertz CT molecular complexity index is 519. The van der Waals surface area contributed by atoms with Crippen LogP contribution >= 0.6 is 35.6 Å². The summed E-state index contributed by atoms with van der Waals surface area (Å²) in [5.41, 5.74) is 1.21. The van der Waals surface area contributed by atoms with Gasteiger partial charge in [0.2, 0.25) is 0 Å². The van der Waals surface area contributed by atoms with Crippen LogP contribution in [0.1, 0.15) is 38.7 Å². The maximum absolute atomic E-state index is 6.21. The van der Waals surface area contributed by atoms with Crippen molar-refractivity contribution in [3.8, 4) is 0 Å². The Balaban J connectivity index is 0.00000312. The summed E-state index contributed by atoms with van der Waals surface area (Å²) in [6.07, 6.45) is 4.55. The van der Waals surface area contributed by atoms with Gasteiger partial charge in [0.05, 0.1) is 6.10 Å². The minimum atomic E-state index is 0. The first-order valence-corrected chi connectivity index (χ1v) is 9.50. The minimum absolute atomic E-state index is 0. The van der Waals surface area contributed by atoms with E-state index in [-0.39, 0.29) is 24.0 Å². The lowest BCUT2D eigenvalue weighted by atomic mass is 10.1. The number of nitrogens with one attached hydrogen (secondary N) is 1. The van der Waals surface area contributed by atoms with E-state index in [0.717, 1.165) is 69.5 Å². The van der Waals surface area contributed by atoms with Gasteiger partial charge >= 0.3 is 0 Å². The molecule has 0 unspecified atom stereocenters. The average molecular weight is 480 g/mol. The third-order valence-corrected chi connectivity index (χ3v) is 4.67. The van der Waals surface area contributed by atoms with Gasteiger partial charge in [-0.15, -0.1) is 24.0 Å². The fraction of sp³-hybridized carbons (Fsp3) is 0.632. The van der Waals surface area contributed by atoms with E-state index in [4.69, 9.17) is 21.3 Å². The van der Waals surface area contributed by atoms with Gasteiger partial charge in [-0.2, -0.15) is 0 Å². The molecule has 0 spiro atoms. The zero-order valence-corrected chi connectivity index (χ0v) is 18.4. The lowest BCUT2D eigenvalue weighted by Gasteiger charge is -2.34. The molecule has 0 saturated carbocycles. The van der Waals surface area contributed by atoms with Crippen LogP contribution in [-0.2, 0) is 11.2 Å². The molecule has 1 saturated heterocycles. The maximum atomic E-state index is 6.21. The van der Waals surface area contributed by atoms with Crippen LogP contribution in [-0.4, -0.2) is 49.7 Å². The van der Waals surface area contributed by atoms with Gasteiger partial charge in [-0.3, -0.25) is 4.99 Å². The molecule has 25 heavy (non-hydrogen) atoms. The van der Waals surface area contributed by atoms with E-state index in [1.165, 1.54) is 5.56 Å². The molecular formula is C19H31ClIN3O. The average Bonchev–Trinajstić information content (AvgIpc) is 2.60. The smallest absolute Gasteiger partial charge is 0.193 e. The fourth-order valence-electron chi connectivity index (χ4n) is 3.05. The summed E-state index contributed by atoms with van der Waals surface area (Å²) in [6.45, 7) is 8.74. The molecule has 2 rings (SSSR count). The summed E-state index contributed by atoms with van der Waals surface area (Å²) in [5, 5.41) is 4.27. The Hall–Kier alpha value is -0.530. The van der Waals surface area contributed by atoms with E-state index in [2.05, 4.69) is 30.1 Å². The van der Waals surface area contributed by atoms with Gasteiger partial charge in [-0.05, 0) is 51.2 Å². The number of piperidine rings is 1. The second kappa shape index (κ2) is 12.8. The van der Waals surface area contributed by atoms with Crippen LogP contribution in [0.25, 0.3) is 0 Å². The summed E-state index contributed by atoms with van der Waals surface area (Å²) >= 11 is 6.21. The first kappa shape index (κ1) is 22.5. The van der Waals surface area contributed by atoms with Gasteiger partial charge in [0.15, 0.2) is 5.96 Å². The maximum Gasteiger partial charge on any atom is 0.193 e. The molecule has 1 aliphatic rings. The molecule has 0 atom stereocenters. The molecule has 142 valence electrons. The van der Waals surface area contributed by atoms with Gasteiger partial charge in [0, 0.05) is 37.8 Å². The van der Waals surface area contributed by atoms with Crippen molar-refractivity contribution in [3.05, 3.63) is 34.9 Å². The molecule has 1 aromatic carbocycles. The molecule has 1 N–H and O–H groups in total. The largest absolute Gasteiger partial charge is 0.378 e. The SMILES string of the molecule is CCNC(=NCCCc1ccccc1Cl)N1CCC(OCC)CC1.I. The highest BCUT2D eigenvalue weighted by Crippen LogP contribution is 2.17. The van der Waals surface area contributed by atoms with Crippen LogP contribution in [0, 0.1) is 0 Å². The van der Waals surface area contributed by atoms with Crippen LogP contribution in [0.2, 0.25) is 5.02 Å². The molecular weight excluding hydrogens is 449 g/mol. The van der Waals surface area contributed by atoms with Crippen LogP contribution in [0.4, 0.5) is 0 Å².